The molecule has 0 unspecified atom stereocenters. The maximum absolute atomic E-state index is 5.26. The van der Waals surface area contributed by atoms with Crippen molar-refractivity contribution >= 4 is 26.7 Å². The first-order valence-corrected chi connectivity index (χ1v) is 15.7. The van der Waals surface area contributed by atoms with Gasteiger partial charge in [0.05, 0.1) is 11.4 Å². The van der Waals surface area contributed by atoms with Crippen LogP contribution in [0.5, 0.6) is 0 Å². The van der Waals surface area contributed by atoms with Crippen LogP contribution < -0.4 is 0 Å². The van der Waals surface area contributed by atoms with E-state index in [1.54, 1.807) is 0 Å². The largest absolute Gasteiger partial charge is 0.228 e. The highest BCUT2D eigenvalue weighted by Gasteiger charge is 2.35. The summed E-state index contributed by atoms with van der Waals surface area (Å²) in [5, 5.41) is 2.31. The van der Waals surface area contributed by atoms with E-state index in [1.165, 1.54) is 38.8 Å². The van der Waals surface area contributed by atoms with Gasteiger partial charge in [0.1, 0.15) is 0 Å². The molecule has 0 aliphatic heterocycles. The van der Waals surface area contributed by atoms with Crippen molar-refractivity contribution in [3.8, 4) is 56.2 Å². The lowest BCUT2D eigenvalue weighted by atomic mass is 9.82. The van der Waals surface area contributed by atoms with Crippen LogP contribution in [-0.4, -0.2) is 9.97 Å². The van der Waals surface area contributed by atoms with E-state index in [4.69, 9.17) is 9.97 Å². The predicted molar refractivity (Wildman–Crippen MR) is 187 cm³/mol. The smallest absolute Gasteiger partial charge is 0.161 e. The van der Waals surface area contributed by atoms with Gasteiger partial charge in [0, 0.05) is 26.6 Å². The van der Waals surface area contributed by atoms with Crippen LogP contribution in [0.1, 0.15) is 25.0 Å². The van der Waals surface area contributed by atoms with Crippen molar-refractivity contribution in [3.05, 3.63) is 155 Å². The molecule has 1 aliphatic rings. The standard InChI is InChI=1S/C41H29BrN2/c1-41(2)36-15-9-8-14-33(36)35-24-28(18-23-37(35)41)39-25-38(27-10-4-3-5-11-27)43-40(44-39)34-22-21-30(26-16-19-29(42)20-17-26)31-12-6-7-13-32(31)34/h3-25H,1-2H3. The zero-order valence-electron chi connectivity index (χ0n) is 24.6. The number of nitrogens with zero attached hydrogens (tertiary/aromatic N) is 2. The van der Waals surface area contributed by atoms with Gasteiger partial charge >= 0.3 is 0 Å². The van der Waals surface area contributed by atoms with Crippen LogP contribution in [-0.2, 0) is 5.41 Å². The van der Waals surface area contributed by atoms with E-state index >= 15 is 0 Å². The molecule has 0 spiro atoms. The molecule has 7 aromatic rings. The van der Waals surface area contributed by atoms with E-state index in [0.29, 0.717) is 0 Å². The molecule has 0 N–H and O–H groups in total. The lowest BCUT2D eigenvalue weighted by Crippen LogP contribution is -2.14. The Bertz CT molecular complexity index is 2200. The third-order valence-electron chi connectivity index (χ3n) is 9.00. The van der Waals surface area contributed by atoms with Gasteiger partial charge < -0.3 is 0 Å². The highest BCUT2D eigenvalue weighted by Crippen LogP contribution is 2.49. The van der Waals surface area contributed by atoms with Gasteiger partial charge in [-0.2, -0.15) is 0 Å². The lowest BCUT2D eigenvalue weighted by Gasteiger charge is -2.21. The molecule has 0 fully saturated rings. The van der Waals surface area contributed by atoms with Crippen LogP contribution in [0.4, 0.5) is 0 Å². The fourth-order valence-corrected chi connectivity index (χ4v) is 6.99. The summed E-state index contributed by atoms with van der Waals surface area (Å²) in [7, 11) is 0. The average molecular weight is 630 g/mol. The van der Waals surface area contributed by atoms with Crippen molar-refractivity contribution in [1.29, 1.82) is 0 Å². The molecule has 210 valence electrons. The first kappa shape index (κ1) is 26.7. The quantitative estimate of drug-likeness (QED) is 0.194. The SMILES string of the molecule is CC1(C)c2ccccc2-c2cc(-c3cc(-c4ccccc4)nc(-c4ccc(-c5ccc(Br)cc5)c5ccccc45)n3)ccc21. The van der Waals surface area contributed by atoms with E-state index in [0.717, 1.165) is 43.8 Å². The van der Waals surface area contributed by atoms with Crippen LogP contribution in [0.2, 0.25) is 0 Å². The molecular formula is C41H29BrN2. The third-order valence-corrected chi connectivity index (χ3v) is 9.52. The van der Waals surface area contributed by atoms with Gasteiger partial charge in [-0.15, -0.1) is 0 Å². The Hall–Kier alpha value is -4.86. The zero-order valence-corrected chi connectivity index (χ0v) is 26.1. The summed E-state index contributed by atoms with van der Waals surface area (Å²) in [4.78, 5) is 10.4. The average Bonchev–Trinajstić information content (AvgIpc) is 3.30. The van der Waals surface area contributed by atoms with Gasteiger partial charge in [-0.25, -0.2) is 9.97 Å². The molecule has 1 aromatic heterocycles. The second-order valence-corrected chi connectivity index (χ2v) is 12.9. The lowest BCUT2D eigenvalue weighted by molar-refractivity contribution is 0.660. The monoisotopic (exact) mass is 628 g/mol. The van der Waals surface area contributed by atoms with Crippen molar-refractivity contribution < 1.29 is 0 Å². The van der Waals surface area contributed by atoms with Gasteiger partial charge in [0.15, 0.2) is 5.82 Å². The number of fused-ring (bicyclic) bond motifs is 4. The van der Waals surface area contributed by atoms with Crippen molar-refractivity contribution in [3.63, 3.8) is 0 Å². The van der Waals surface area contributed by atoms with Crippen molar-refractivity contribution in [2.75, 3.05) is 0 Å². The van der Waals surface area contributed by atoms with E-state index in [-0.39, 0.29) is 5.41 Å². The first-order valence-electron chi connectivity index (χ1n) is 14.9. The Morgan fingerprint density at radius 3 is 1.82 bits per heavy atom. The molecule has 44 heavy (non-hydrogen) atoms. The number of hydrogen-bond donors (Lipinski definition) is 0. The van der Waals surface area contributed by atoms with Gasteiger partial charge in [-0.1, -0.05) is 139 Å². The number of aromatic nitrogens is 2. The third kappa shape index (κ3) is 4.39. The summed E-state index contributed by atoms with van der Waals surface area (Å²) in [6.45, 7) is 4.63. The number of halogens is 1. The molecule has 2 nitrogen and oxygen atoms in total. The molecule has 1 aliphatic carbocycles. The highest BCUT2D eigenvalue weighted by molar-refractivity contribution is 9.10. The fourth-order valence-electron chi connectivity index (χ4n) is 6.73. The summed E-state index contributed by atoms with van der Waals surface area (Å²) >= 11 is 3.58. The van der Waals surface area contributed by atoms with Crippen molar-refractivity contribution in [1.82, 2.24) is 9.97 Å². The Labute approximate surface area is 266 Å². The number of hydrogen-bond acceptors (Lipinski definition) is 2. The minimum Gasteiger partial charge on any atom is -0.228 e. The van der Waals surface area contributed by atoms with Crippen molar-refractivity contribution in [2.45, 2.75) is 19.3 Å². The Kier molecular flexibility index (Phi) is 6.32. The van der Waals surface area contributed by atoms with E-state index < -0.39 is 0 Å². The van der Waals surface area contributed by atoms with E-state index in [2.05, 4.69) is 163 Å². The number of benzene rings is 6. The van der Waals surface area contributed by atoms with Crippen LogP contribution in [0, 0.1) is 0 Å². The summed E-state index contributed by atoms with van der Waals surface area (Å²) < 4.78 is 1.07. The molecule has 6 aromatic carbocycles. The Balaban J connectivity index is 1.33. The van der Waals surface area contributed by atoms with Gasteiger partial charge in [-0.05, 0) is 74.5 Å². The highest BCUT2D eigenvalue weighted by atomic mass is 79.9. The second kappa shape index (κ2) is 10.4. The topological polar surface area (TPSA) is 25.8 Å². The summed E-state index contributed by atoms with van der Waals surface area (Å²) in [6.07, 6.45) is 0. The van der Waals surface area contributed by atoms with Crippen LogP contribution in [0.15, 0.2) is 144 Å². The molecule has 8 rings (SSSR count). The van der Waals surface area contributed by atoms with Crippen molar-refractivity contribution in [2.24, 2.45) is 0 Å². The van der Waals surface area contributed by atoms with E-state index in [1.807, 2.05) is 6.07 Å². The van der Waals surface area contributed by atoms with Gasteiger partial charge in [0.25, 0.3) is 0 Å². The maximum atomic E-state index is 5.26. The van der Waals surface area contributed by atoms with Gasteiger partial charge in [-0.3, -0.25) is 0 Å². The zero-order chi connectivity index (χ0) is 29.8. The molecule has 3 heteroatoms. The van der Waals surface area contributed by atoms with Gasteiger partial charge in [0.2, 0.25) is 0 Å². The van der Waals surface area contributed by atoms with Crippen LogP contribution in [0.3, 0.4) is 0 Å². The molecule has 1 heterocycles. The summed E-state index contributed by atoms with van der Waals surface area (Å²) in [5.74, 6) is 0.723. The van der Waals surface area contributed by atoms with Crippen LogP contribution in [0.25, 0.3) is 66.9 Å². The fraction of sp³-hybridized carbons (Fsp3) is 0.0732. The molecular weight excluding hydrogens is 600 g/mol. The Morgan fingerprint density at radius 2 is 1.05 bits per heavy atom. The first-order chi connectivity index (χ1) is 21.5. The number of rotatable bonds is 4. The molecule has 0 saturated heterocycles. The summed E-state index contributed by atoms with van der Waals surface area (Å²) in [5.41, 5.74) is 12.7. The second-order valence-electron chi connectivity index (χ2n) is 12.0. The Morgan fingerprint density at radius 1 is 0.455 bits per heavy atom. The van der Waals surface area contributed by atoms with E-state index in [9.17, 15) is 0 Å². The predicted octanol–water partition coefficient (Wildman–Crippen LogP) is 11.4. The minimum absolute atomic E-state index is 0.0357. The molecule has 0 radical (unpaired) electrons. The molecule has 0 bridgehead atoms. The van der Waals surface area contributed by atoms with Crippen LogP contribution >= 0.6 is 15.9 Å². The normalized spacial score (nSPS) is 13.1. The minimum atomic E-state index is -0.0357. The molecule has 0 amide bonds. The molecule has 0 saturated carbocycles. The summed E-state index contributed by atoms with van der Waals surface area (Å²) in [6, 6.07) is 49.6. The molecule has 0 atom stereocenters. The maximum Gasteiger partial charge on any atom is 0.161 e.